The Hall–Kier alpha value is -0.500. The molecule has 1 aliphatic heterocycles. The highest BCUT2D eigenvalue weighted by Crippen LogP contribution is 2.42. The van der Waals surface area contributed by atoms with Gasteiger partial charge in [0.1, 0.15) is 11.9 Å². The summed E-state index contributed by atoms with van der Waals surface area (Å²) in [5.74, 6) is 1.03. The molecule has 1 nitrogen and oxygen atoms in total. The molecule has 0 aliphatic carbocycles. The Labute approximate surface area is 80.9 Å². The van der Waals surface area contributed by atoms with E-state index in [1.54, 1.807) is 0 Å². The normalized spacial score (nSPS) is 26.5. The van der Waals surface area contributed by atoms with Crippen LogP contribution in [0.1, 0.15) is 23.7 Å². The minimum atomic E-state index is 0.308. The average molecular weight is 227 g/mol. The monoisotopic (exact) mass is 226 g/mol. The second kappa shape index (κ2) is 3.09. The highest BCUT2D eigenvalue weighted by molar-refractivity contribution is 9.09. The molecule has 1 aromatic rings. The predicted molar refractivity (Wildman–Crippen MR) is 52.8 cm³/mol. The van der Waals surface area contributed by atoms with E-state index in [9.17, 15) is 0 Å². The van der Waals surface area contributed by atoms with Crippen molar-refractivity contribution in [2.24, 2.45) is 0 Å². The number of hydrogen-bond acceptors (Lipinski definition) is 1. The number of para-hydroxylation sites is 1. The maximum absolute atomic E-state index is 5.72. The SMILES string of the molecule is CCC1Oc2ccccc2C1Br. The van der Waals surface area contributed by atoms with Crippen LogP contribution in [0.2, 0.25) is 0 Å². The predicted octanol–water partition coefficient (Wildman–Crippen LogP) is 3.29. The molecule has 0 radical (unpaired) electrons. The summed E-state index contributed by atoms with van der Waals surface area (Å²) in [6.07, 6.45) is 1.35. The van der Waals surface area contributed by atoms with Crippen molar-refractivity contribution in [3.05, 3.63) is 29.8 Å². The van der Waals surface area contributed by atoms with E-state index in [4.69, 9.17) is 4.74 Å². The zero-order chi connectivity index (χ0) is 8.55. The average Bonchev–Trinajstić information content (AvgIpc) is 2.44. The highest BCUT2D eigenvalue weighted by Gasteiger charge is 2.30. The number of halogens is 1. The third kappa shape index (κ3) is 1.14. The number of fused-ring (bicyclic) bond motifs is 1. The Bertz CT molecular complexity index is 285. The third-order valence-corrected chi connectivity index (χ3v) is 3.31. The maximum atomic E-state index is 5.72. The van der Waals surface area contributed by atoms with Gasteiger partial charge in [0.25, 0.3) is 0 Å². The van der Waals surface area contributed by atoms with Crippen molar-refractivity contribution in [3.63, 3.8) is 0 Å². The fraction of sp³-hybridized carbons (Fsp3) is 0.400. The molecular weight excluding hydrogens is 216 g/mol. The molecular formula is C10H11BrO. The summed E-state index contributed by atoms with van der Waals surface area (Å²) in [7, 11) is 0. The van der Waals surface area contributed by atoms with Gasteiger partial charge in [-0.1, -0.05) is 41.1 Å². The smallest absolute Gasteiger partial charge is 0.124 e. The quantitative estimate of drug-likeness (QED) is 0.669. The summed E-state index contributed by atoms with van der Waals surface area (Å²) in [5.41, 5.74) is 1.28. The molecule has 0 saturated heterocycles. The first-order valence-electron chi connectivity index (χ1n) is 4.22. The zero-order valence-electron chi connectivity index (χ0n) is 6.96. The van der Waals surface area contributed by atoms with Crippen molar-refractivity contribution in [1.29, 1.82) is 0 Å². The van der Waals surface area contributed by atoms with E-state index in [-0.39, 0.29) is 0 Å². The van der Waals surface area contributed by atoms with Gasteiger partial charge in [-0.15, -0.1) is 0 Å². The standard InChI is InChI=1S/C10H11BrO/c1-2-8-10(11)7-5-3-4-6-9(7)12-8/h3-6,8,10H,2H2,1H3. The molecule has 0 saturated carbocycles. The summed E-state index contributed by atoms with van der Waals surface area (Å²) in [5, 5.41) is 0. The molecule has 2 unspecified atom stereocenters. The fourth-order valence-electron chi connectivity index (χ4n) is 1.53. The van der Waals surface area contributed by atoms with Crippen LogP contribution in [0.5, 0.6) is 5.75 Å². The summed E-state index contributed by atoms with van der Waals surface area (Å²) < 4.78 is 5.72. The Morgan fingerprint density at radius 2 is 2.17 bits per heavy atom. The van der Waals surface area contributed by atoms with E-state index in [0.717, 1.165) is 12.2 Å². The van der Waals surface area contributed by atoms with Crippen molar-refractivity contribution >= 4 is 15.9 Å². The summed E-state index contributed by atoms with van der Waals surface area (Å²) in [6.45, 7) is 2.14. The first-order valence-corrected chi connectivity index (χ1v) is 5.14. The second-order valence-electron chi connectivity index (χ2n) is 3.00. The number of rotatable bonds is 1. The van der Waals surface area contributed by atoms with Crippen molar-refractivity contribution in [2.45, 2.75) is 24.3 Å². The molecule has 1 heterocycles. The molecule has 0 fully saturated rings. The first kappa shape index (κ1) is 8.11. The zero-order valence-corrected chi connectivity index (χ0v) is 8.54. The highest BCUT2D eigenvalue weighted by atomic mass is 79.9. The van der Waals surface area contributed by atoms with Crippen LogP contribution >= 0.6 is 15.9 Å². The van der Waals surface area contributed by atoms with Crippen molar-refractivity contribution < 1.29 is 4.74 Å². The van der Waals surface area contributed by atoms with Gasteiger partial charge in [-0.25, -0.2) is 0 Å². The minimum Gasteiger partial charge on any atom is -0.489 e. The summed E-state index contributed by atoms with van der Waals surface area (Å²) in [6, 6.07) is 8.20. The lowest BCUT2D eigenvalue weighted by atomic mass is 10.1. The third-order valence-electron chi connectivity index (χ3n) is 2.22. The van der Waals surface area contributed by atoms with E-state index >= 15 is 0 Å². The number of benzene rings is 1. The van der Waals surface area contributed by atoms with Gasteiger partial charge in [0.15, 0.2) is 0 Å². The van der Waals surface area contributed by atoms with Crippen molar-refractivity contribution in [2.75, 3.05) is 0 Å². The van der Waals surface area contributed by atoms with Gasteiger partial charge in [-0.05, 0) is 12.5 Å². The van der Waals surface area contributed by atoms with Gasteiger partial charge in [0.2, 0.25) is 0 Å². The van der Waals surface area contributed by atoms with Crippen LogP contribution < -0.4 is 4.74 Å². The number of alkyl halides is 1. The summed E-state index contributed by atoms with van der Waals surface area (Å²) in [4.78, 5) is 0.374. The molecule has 0 bridgehead atoms. The van der Waals surface area contributed by atoms with Crippen LogP contribution in [-0.4, -0.2) is 6.10 Å². The Balaban J connectivity index is 2.35. The number of ether oxygens (including phenoxy) is 1. The van der Waals surface area contributed by atoms with Crippen molar-refractivity contribution in [1.82, 2.24) is 0 Å². The van der Waals surface area contributed by atoms with E-state index in [0.29, 0.717) is 10.9 Å². The van der Waals surface area contributed by atoms with Gasteiger partial charge in [-0.3, -0.25) is 0 Å². The maximum Gasteiger partial charge on any atom is 0.124 e. The fourth-order valence-corrected chi connectivity index (χ4v) is 2.39. The van der Waals surface area contributed by atoms with Gasteiger partial charge in [0, 0.05) is 5.56 Å². The lowest BCUT2D eigenvalue weighted by molar-refractivity contribution is 0.227. The second-order valence-corrected chi connectivity index (χ2v) is 3.99. The summed E-state index contributed by atoms with van der Waals surface area (Å²) >= 11 is 3.64. The topological polar surface area (TPSA) is 9.23 Å². The molecule has 0 aromatic heterocycles. The molecule has 1 aromatic carbocycles. The van der Waals surface area contributed by atoms with Gasteiger partial charge in [-0.2, -0.15) is 0 Å². The van der Waals surface area contributed by atoms with Gasteiger partial charge >= 0.3 is 0 Å². The van der Waals surface area contributed by atoms with E-state index < -0.39 is 0 Å². The Morgan fingerprint density at radius 1 is 1.42 bits per heavy atom. The van der Waals surface area contributed by atoms with Crippen LogP contribution in [0.15, 0.2) is 24.3 Å². The van der Waals surface area contributed by atoms with Crippen LogP contribution in [0.3, 0.4) is 0 Å². The Morgan fingerprint density at radius 3 is 2.83 bits per heavy atom. The van der Waals surface area contributed by atoms with Gasteiger partial charge in [0.05, 0.1) is 4.83 Å². The molecule has 2 heteroatoms. The largest absolute Gasteiger partial charge is 0.489 e. The molecule has 0 spiro atoms. The molecule has 64 valence electrons. The van der Waals surface area contributed by atoms with E-state index in [1.165, 1.54) is 5.56 Å². The number of hydrogen-bond donors (Lipinski definition) is 0. The van der Waals surface area contributed by atoms with Crippen LogP contribution in [0.25, 0.3) is 0 Å². The molecule has 2 atom stereocenters. The molecule has 12 heavy (non-hydrogen) atoms. The van der Waals surface area contributed by atoms with Gasteiger partial charge < -0.3 is 4.74 Å². The van der Waals surface area contributed by atoms with Crippen LogP contribution in [0, 0.1) is 0 Å². The van der Waals surface area contributed by atoms with Crippen molar-refractivity contribution in [3.8, 4) is 5.75 Å². The van der Waals surface area contributed by atoms with E-state index in [2.05, 4.69) is 35.0 Å². The van der Waals surface area contributed by atoms with Crippen LogP contribution in [0.4, 0.5) is 0 Å². The molecule has 1 aliphatic rings. The van der Waals surface area contributed by atoms with Crippen LogP contribution in [-0.2, 0) is 0 Å². The lowest BCUT2D eigenvalue weighted by Gasteiger charge is -2.10. The molecule has 0 N–H and O–H groups in total. The first-order chi connectivity index (χ1) is 5.83. The minimum absolute atomic E-state index is 0.308. The van der Waals surface area contributed by atoms with E-state index in [1.807, 2.05) is 12.1 Å². The Kier molecular flexibility index (Phi) is 2.09. The molecule has 2 rings (SSSR count). The lowest BCUT2D eigenvalue weighted by Crippen LogP contribution is -2.12. The molecule has 0 amide bonds.